The summed E-state index contributed by atoms with van der Waals surface area (Å²) in [6, 6.07) is 12.9. The van der Waals surface area contributed by atoms with Gasteiger partial charge in [0, 0.05) is 18.1 Å². The Hall–Kier alpha value is -2.74. The molecule has 0 spiro atoms. The molecule has 2 aromatic rings. The maximum absolute atomic E-state index is 13.1. The fourth-order valence-electron chi connectivity index (χ4n) is 3.76. The zero-order valence-corrected chi connectivity index (χ0v) is 18.7. The van der Waals surface area contributed by atoms with E-state index in [4.69, 9.17) is 9.47 Å². The molecule has 1 aliphatic rings. The number of carbonyl (C=O) groups excluding carboxylic acids is 1. The third kappa shape index (κ3) is 4.70. The molecule has 0 radical (unpaired) electrons. The summed E-state index contributed by atoms with van der Waals surface area (Å²) < 4.78 is 37.4. The zero-order chi connectivity index (χ0) is 22.1. The molecule has 1 amide bonds. The second-order valence-corrected chi connectivity index (χ2v) is 9.96. The summed E-state index contributed by atoms with van der Waals surface area (Å²) in [6.45, 7) is 5.48. The van der Waals surface area contributed by atoms with Gasteiger partial charge in [0.25, 0.3) is 0 Å². The number of hydrogen-bond acceptors (Lipinski definition) is 5. The lowest BCUT2D eigenvalue weighted by molar-refractivity contribution is -0.123. The van der Waals surface area contributed by atoms with Gasteiger partial charge in [0.15, 0.2) is 0 Å². The van der Waals surface area contributed by atoms with Crippen molar-refractivity contribution in [3.8, 4) is 11.5 Å². The van der Waals surface area contributed by atoms with Crippen LogP contribution in [0.4, 0.5) is 5.69 Å². The number of rotatable bonds is 6. The average Bonchev–Trinajstić information content (AvgIpc) is 2.66. The monoisotopic (exact) mass is 432 g/mol. The molecule has 0 saturated heterocycles. The van der Waals surface area contributed by atoms with Crippen molar-refractivity contribution in [3.05, 3.63) is 54.1 Å². The number of nitrogens with zero attached hydrogens (tertiary/aromatic N) is 1. The van der Waals surface area contributed by atoms with Crippen molar-refractivity contribution < 1.29 is 22.7 Å². The molecule has 0 saturated carbocycles. The summed E-state index contributed by atoms with van der Waals surface area (Å²) in [5.74, 6) is 0.928. The van der Waals surface area contributed by atoms with Crippen LogP contribution in [0, 0.1) is 0 Å². The normalized spacial score (nSPS) is 18.5. The third-order valence-corrected chi connectivity index (χ3v) is 6.34. The first kappa shape index (κ1) is 22.0. The molecule has 0 aromatic heterocycles. The van der Waals surface area contributed by atoms with E-state index >= 15 is 0 Å². The highest BCUT2D eigenvalue weighted by molar-refractivity contribution is 7.92. The molecule has 7 nitrogen and oxygen atoms in total. The van der Waals surface area contributed by atoms with E-state index in [2.05, 4.69) is 5.32 Å². The Balaban J connectivity index is 1.89. The molecule has 30 heavy (non-hydrogen) atoms. The van der Waals surface area contributed by atoms with Gasteiger partial charge in [0.1, 0.15) is 23.1 Å². The smallest absolute Gasteiger partial charge is 0.244 e. The highest BCUT2D eigenvalue weighted by Gasteiger charge is 2.37. The van der Waals surface area contributed by atoms with Crippen molar-refractivity contribution in [2.75, 3.05) is 17.7 Å². The number of anilines is 1. The standard InChI is InChI=1S/C22H28N2O5S/c1-15(24(30(5,26)27)16-9-7-6-8-10-16)21(25)23-19-14-22(2,3)29-20-13-17(28-4)11-12-18(19)20/h6-13,15,19H,14H2,1-5H3,(H,23,25)/t15-,19-/m0/s1. The van der Waals surface area contributed by atoms with Crippen LogP contribution in [0.1, 0.15) is 38.8 Å². The maximum atomic E-state index is 13.1. The molecule has 8 heteroatoms. The van der Waals surface area contributed by atoms with Crippen LogP contribution >= 0.6 is 0 Å². The van der Waals surface area contributed by atoms with Crippen LogP contribution in [0.25, 0.3) is 0 Å². The number of sulfonamides is 1. The Bertz CT molecular complexity index is 1020. The topological polar surface area (TPSA) is 84.9 Å². The van der Waals surface area contributed by atoms with Gasteiger partial charge >= 0.3 is 0 Å². The molecular weight excluding hydrogens is 404 g/mol. The molecular formula is C22H28N2O5S. The number of carbonyl (C=O) groups is 1. The highest BCUT2D eigenvalue weighted by Crippen LogP contribution is 2.41. The third-order valence-electron chi connectivity index (χ3n) is 5.09. The van der Waals surface area contributed by atoms with Crippen LogP contribution in [-0.4, -0.2) is 39.3 Å². The maximum Gasteiger partial charge on any atom is 0.244 e. The van der Waals surface area contributed by atoms with Gasteiger partial charge in [0.2, 0.25) is 15.9 Å². The van der Waals surface area contributed by atoms with Gasteiger partial charge in [-0.1, -0.05) is 18.2 Å². The van der Waals surface area contributed by atoms with E-state index in [-0.39, 0.29) is 11.9 Å². The van der Waals surface area contributed by atoms with Crippen LogP contribution < -0.4 is 19.1 Å². The SMILES string of the molecule is COc1ccc2c(c1)OC(C)(C)C[C@@H]2NC(=O)[C@H](C)N(c1ccccc1)S(C)(=O)=O. The number of hydrogen-bond donors (Lipinski definition) is 1. The molecule has 1 aliphatic heterocycles. The first-order valence-electron chi connectivity index (χ1n) is 9.73. The quantitative estimate of drug-likeness (QED) is 0.757. The fraction of sp³-hybridized carbons (Fsp3) is 0.409. The van der Waals surface area contributed by atoms with Crippen molar-refractivity contribution >= 4 is 21.6 Å². The lowest BCUT2D eigenvalue weighted by atomic mass is 9.89. The number of benzene rings is 2. The van der Waals surface area contributed by atoms with Crippen molar-refractivity contribution in [1.82, 2.24) is 5.32 Å². The van der Waals surface area contributed by atoms with Gasteiger partial charge in [-0.2, -0.15) is 0 Å². The van der Waals surface area contributed by atoms with E-state index in [1.165, 1.54) is 0 Å². The Morgan fingerprint density at radius 1 is 1.23 bits per heavy atom. The fourth-order valence-corrected chi connectivity index (χ4v) is 4.94. The van der Waals surface area contributed by atoms with E-state index in [9.17, 15) is 13.2 Å². The molecule has 0 aliphatic carbocycles. The molecule has 0 fully saturated rings. The van der Waals surface area contributed by atoms with E-state index in [0.717, 1.165) is 16.1 Å². The highest BCUT2D eigenvalue weighted by atomic mass is 32.2. The lowest BCUT2D eigenvalue weighted by Crippen LogP contribution is -2.50. The molecule has 1 heterocycles. The number of ether oxygens (including phenoxy) is 2. The molecule has 0 unspecified atom stereocenters. The summed E-state index contributed by atoms with van der Waals surface area (Å²) in [7, 11) is -2.08. The van der Waals surface area contributed by atoms with E-state index < -0.39 is 21.7 Å². The summed E-state index contributed by atoms with van der Waals surface area (Å²) in [5.41, 5.74) is 0.776. The summed E-state index contributed by atoms with van der Waals surface area (Å²) in [5, 5.41) is 3.02. The number of methoxy groups -OCH3 is 1. The van der Waals surface area contributed by atoms with Crippen LogP contribution in [0.2, 0.25) is 0 Å². The van der Waals surface area contributed by atoms with Crippen LogP contribution in [0.15, 0.2) is 48.5 Å². The largest absolute Gasteiger partial charge is 0.497 e. The van der Waals surface area contributed by atoms with Crippen LogP contribution in [-0.2, 0) is 14.8 Å². The predicted octanol–water partition coefficient (Wildman–Crippen LogP) is 3.27. The van der Waals surface area contributed by atoms with Crippen molar-refractivity contribution in [3.63, 3.8) is 0 Å². The van der Waals surface area contributed by atoms with Gasteiger partial charge in [-0.25, -0.2) is 8.42 Å². The number of para-hydroxylation sites is 1. The van der Waals surface area contributed by atoms with Gasteiger partial charge in [-0.05, 0) is 45.0 Å². The van der Waals surface area contributed by atoms with Gasteiger partial charge in [0.05, 0.1) is 25.1 Å². The minimum atomic E-state index is -3.66. The number of fused-ring (bicyclic) bond motifs is 1. The van der Waals surface area contributed by atoms with E-state index in [1.807, 2.05) is 26.0 Å². The Labute approximate surface area is 178 Å². The second-order valence-electron chi connectivity index (χ2n) is 8.10. The predicted molar refractivity (Wildman–Crippen MR) is 116 cm³/mol. The molecule has 162 valence electrons. The molecule has 2 aromatic carbocycles. The Kier molecular flexibility index (Phi) is 5.99. The minimum absolute atomic E-state index is 0.318. The van der Waals surface area contributed by atoms with Crippen LogP contribution in [0.5, 0.6) is 11.5 Å². The average molecular weight is 433 g/mol. The molecule has 1 N–H and O–H groups in total. The summed E-state index contributed by atoms with van der Waals surface area (Å²) >= 11 is 0. The first-order valence-corrected chi connectivity index (χ1v) is 11.6. The molecule has 2 atom stereocenters. The van der Waals surface area contributed by atoms with Gasteiger partial charge < -0.3 is 14.8 Å². The summed E-state index contributed by atoms with van der Waals surface area (Å²) in [4.78, 5) is 13.1. The van der Waals surface area contributed by atoms with Crippen molar-refractivity contribution in [2.45, 2.75) is 44.9 Å². The Morgan fingerprint density at radius 2 is 1.90 bits per heavy atom. The Morgan fingerprint density at radius 3 is 2.50 bits per heavy atom. The number of nitrogens with one attached hydrogen (secondary N) is 1. The van der Waals surface area contributed by atoms with Crippen LogP contribution in [0.3, 0.4) is 0 Å². The first-order chi connectivity index (χ1) is 14.0. The summed E-state index contributed by atoms with van der Waals surface area (Å²) in [6.07, 6.45) is 1.65. The lowest BCUT2D eigenvalue weighted by Gasteiger charge is -2.39. The van der Waals surface area contributed by atoms with E-state index in [1.54, 1.807) is 50.4 Å². The van der Waals surface area contributed by atoms with Gasteiger partial charge in [-0.15, -0.1) is 0 Å². The van der Waals surface area contributed by atoms with E-state index in [0.29, 0.717) is 23.6 Å². The minimum Gasteiger partial charge on any atom is -0.497 e. The van der Waals surface area contributed by atoms with Gasteiger partial charge in [-0.3, -0.25) is 9.10 Å². The molecule has 3 rings (SSSR count). The van der Waals surface area contributed by atoms with Crippen molar-refractivity contribution in [2.24, 2.45) is 0 Å². The number of amides is 1. The molecule has 0 bridgehead atoms. The zero-order valence-electron chi connectivity index (χ0n) is 17.9. The second kappa shape index (κ2) is 8.18. The van der Waals surface area contributed by atoms with Crippen molar-refractivity contribution in [1.29, 1.82) is 0 Å².